The zero-order chi connectivity index (χ0) is 18.3. The van der Waals surface area contributed by atoms with Crippen molar-refractivity contribution < 1.29 is 4.58 Å². The van der Waals surface area contributed by atoms with Crippen molar-refractivity contribution in [3.63, 3.8) is 0 Å². The molecule has 26 heavy (non-hydrogen) atoms. The third-order valence-corrected chi connectivity index (χ3v) is 6.60. The van der Waals surface area contributed by atoms with Gasteiger partial charge in [-0.25, -0.2) is 0 Å². The van der Waals surface area contributed by atoms with Crippen LogP contribution in [0, 0.1) is 11.8 Å². The van der Waals surface area contributed by atoms with Crippen molar-refractivity contribution in [1.82, 2.24) is 0 Å². The zero-order valence-corrected chi connectivity index (χ0v) is 16.7. The van der Waals surface area contributed by atoms with Crippen LogP contribution in [0.2, 0.25) is 0 Å². The van der Waals surface area contributed by atoms with Crippen LogP contribution in [-0.4, -0.2) is 16.8 Å². The number of para-hydroxylation sites is 1. The molecular formula is C25H32N+. The number of hydrogen-bond donors (Lipinski definition) is 0. The van der Waals surface area contributed by atoms with Crippen molar-refractivity contribution in [3.8, 4) is 0 Å². The van der Waals surface area contributed by atoms with Crippen LogP contribution in [0.25, 0.3) is 0 Å². The fourth-order valence-electron chi connectivity index (χ4n) is 4.83. The normalized spacial score (nSPS) is 25.0. The Morgan fingerprint density at radius 2 is 1.62 bits per heavy atom. The van der Waals surface area contributed by atoms with Gasteiger partial charge in [-0.3, -0.25) is 0 Å². The molecule has 1 heterocycles. The second kappa shape index (κ2) is 7.02. The number of rotatable bonds is 4. The lowest BCUT2D eigenvalue weighted by Crippen LogP contribution is -2.19. The van der Waals surface area contributed by atoms with Crippen LogP contribution < -0.4 is 0 Å². The standard InChI is InChI=1S/C25H32N/c1-17(2)19-9-11-20(12-10-19)24-16-26(25-8-6-5-7-23(24)25)22-14-13-21(15-22)18(3)4/h5-12,16-18,21-22,24H,13-15H2,1-4H3/q+1. The summed E-state index contributed by atoms with van der Waals surface area (Å²) in [5.41, 5.74) is 5.74. The molecule has 2 aromatic rings. The summed E-state index contributed by atoms with van der Waals surface area (Å²) in [4.78, 5) is 0. The Balaban J connectivity index is 1.67. The number of nitrogens with zero attached hydrogens (tertiary/aromatic N) is 1. The smallest absolute Gasteiger partial charge is 0.199 e. The number of hydrogen-bond acceptors (Lipinski definition) is 0. The van der Waals surface area contributed by atoms with E-state index in [1.165, 1.54) is 41.6 Å². The summed E-state index contributed by atoms with van der Waals surface area (Å²) in [6, 6.07) is 19.0. The number of fused-ring (bicyclic) bond motifs is 1. The molecule has 1 aliphatic heterocycles. The van der Waals surface area contributed by atoms with Crippen LogP contribution in [-0.2, 0) is 0 Å². The van der Waals surface area contributed by atoms with Gasteiger partial charge >= 0.3 is 0 Å². The zero-order valence-electron chi connectivity index (χ0n) is 16.7. The van der Waals surface area contributed by atoms with Crippen LogP contribution >= 0.6 is 0 Å². The topological polar surface area (TPSA) is 3.01 Å². The Morgan fingerprint density at radius 3 is 2.27 bits per heavy atom. The van der Waals surface area contributed by atoms with Gasteiger partial charge in [0.1, 0.15) is 0 Å². The summed E-state index contributed by atoms with van der Waals surface area (Å²) in [5.74, 6) is 2.67. The first-order valence-electron chi connectivity index (χ1n) is 10.4. The van der Waals surface area contributed by atoms with E-state index in [0.29, 0.717) is 17.9 Å². The van der Waals surface area contributed by atoms with E-state index in [-0.39, 0.29) is 0 Å². The monoisotopic (exact) mass is 346 g/mol. The van der Waals surface area contributed by atoms with Crippen LogP contribution in [0.5, 0.6) is 0 Å². The minimum atomic E-state index is 0.394. The lowest BCUT2D eigenvalue weighted by atomic mass is 9.91. The molecule has 136 valence electrons. The first-order valence-corrected chi connectivity index (χ1v) is 10.4. The van der Waals surface area contributed by atoms with Crippen LogP contribution in [0.15, 0.2) is 48.5 Å². The average molecular weight is 347 g/mol. The van der Waals surface area contributed by atoms with E-state index < -0.39 is 0 Å². The maximum absolute atomic E-state index is 2.61. The van der Waals surface area contributed by atoms with Crippen LogP contribution in [0.4, 0.5) is 5.69 Å². The van der Waals surface area contributed by atoms with E-state index >= 15 is 0 Å². The molecule has 2 aliphatic rings. The van der Waals surface area contributed by atoms with Gasteiger partial charge in [-0.05, 0) is 35.3 Å². The third kappa shape index (κ3) is 3.13. The molecule has 0 N–H and O–H groups in total. The maximum atomic E-state index is 2.61. The highest BCUT2D eigenvalue weighted by Crippen LogP contribution is 2.41. The largest absolute Gasteiger partial charge is 0.209 e. The van der Waals surface area contributed by atoms with Gasteiger partial charge < -0.3 is 0 Å². The molecule has 0 spiro atoms. The second-order valence-electron chi connectivity index (χ2n) is 8.89. The van der Waals surface area contributed by atoms with Crippen molar-refractivity contribution >= 4 is 11.9 Å². The predicted molar refractivity (Wildman–Crippen MR) is 111 cm³/mol. The van der Waals surface area contributed by atoms with E-state index in [1.807, 2.05) is 0 Å². The molecule has 1 aliphatic carbocycles. The summed E-state index contributed by atoms with van der Waals surface area (Å²) in [5, 5.41) is 0. The fourth-order valence-corrected chi connectivity index (χ4v) is 4.83. The highest BCUT2D eigenvalue weighted by Gasteiger charge is 2.40. The minimum Gasteiger partial charge on any atom is -0.199 e. The van der Waals surface area contributed by atoms with Crippen molar-refractivity contribution in [2.75, 3.05) is 0 Å². The summed E-state index contributed by atoms with van der Waals surface area (Å²) in [6.45, 7) is 9.29. The van der Waals surface area contributed by atoms with E-state index in [2.05, 4.69) is 87.0 Å². The molecule has 0 aromatic heterocycles. The van der Waals surface area contributed by atoms with Gasteiger partial charge in [0.15, 0.2) is 12.3 Å². The summed E-state index contributed by atoms with van der Waals surface area (Å²) in [7, 11) is 0. The Labute approximate surface area is 158 Å². The van der Waals surface area contributed by atoms with Crippen LogP contribution in [0.3, 0.4) is 0 Å². The molecule has 0 saturated heterocycles. The first kappa shape index (κ1) is 17.5. The van der Waals surface area contributed by atoms with Crippen molar-refractivity contribution in [2.45, 2.75) is 64.8 Å². The summed E-state index contributed by atoms with van der Waals surface area (Å²) < 4.78 is 2.61. The molecule has 4 rings (SSSR count). The molecule has 0 radical (unpaired) electrons. The van der Waals surface area contributed by atoms with Crippen LogP contribution in [0.1, 0.15) is 75.5 Å². The Kier molecular flexibility index (Phi) is 4.73. The quantitative estimate of drug-likeness (QED) is 0.556. The number of benzene rings is 2. The molecule has 1 saturated carbocycles. The maximum Gasteiger partial charge on any atom is 0.209 e. The van der Waals surface area contributed by atoms with Gasteiger partial charge in [0, 0.05) is 24.5 Å². The Morgan fingerprint density at radius 1 is 0.885 bits per heavy atom. The van der Waals surface area contributed by atoms with Gasteiger partial charge in [-0.15, -0.1) is 0 Å². The van der Waals surface area contributed by atoms with Gasteiger partial charge in [0.05, 0.1) is 5.92 Å². The van der Waals surface area contributed by atoms with Crippen molar-refractivity contribution in [1.29, 1.82) is 0 Å². The molecule has 2 aromatic carbocycles. The second-order valence-corrected chi connectivity index (χ2v) is 8.89. The SMILES string of the molecule is CC(C)c1ccc(C2C=[N+](C3CCC(C(C)C)C3)c3ccccc32)cc1. The van der Waals surface area contributed by atoms with Gasteiger partial charge in [-0.1, -0.05) is 70.2 Å². The van der Waals surface area contributed by atoms with Gasteiger partial charge in [0.2, 0.25) is 5.69 Å². The molecule has 1 nitrogen and oxygen atoms in total. The van der Waals surface area contributed by atoms with Gasteiger partial charge in [0.25, 0.3) is 0 Å². The van der Waals surface area contributed by atoms with Crippen molar-refractivity contribution in [3.05, 3.63) is 65.2 Å². The lowest BCUT2D eigenvalue weighted by molar-refractivity contribution is -0.477. The van der Waals surface area contributed by atoms with E-state index in [9.17, 15) is 0 Å². The molecule has 0 amide bonds. The molecule has 0 bridgehead atoms. The molecule has 1 heteroatoms. The molecule has 3 unspecified atom stereocenters. The van der Waals surface area contributed by atoms with E-state index in [1.54, 1.807) is 0 Å². The average Bonchev–Trinajstić information content (AvgIpc) is 3.27. The molecule has 1 fully saturated rings. The molecule has 3 atom stereocenters. The Hall–Kier alpha value is -1.89. The highest BCUT2D eigenvalue weighted by atomic mass is 15.1. The third-order valence-electron chi connectivity index (χ3n) is 6.60. The summed E-state index contributed by atoms with van der Waals surface area (Å²) >= 11 is 0. The van der Waals surface area contributed by atoms with E-state index in [4.69, 9.17) is 0 Å². The molecular weight excluding hydrogens is 314 g/mol. The van der Waals surface area contributed by atoms with Crippen molar-refractivity contribution in [2.24, 2.45) is 11.8 Å². The highest BCUT2D eigenvalue weighted by molar-refractivity contribution is 5.77. The fraction of sp³-hybridized carbons (Fsp3) is 0.480. The first-order chi connectivity index (χ1) is 12.5. The minimum absolute atomic E-state index is 0.394. The predicted octanol–water partition coefficient (Wildman–Crippen LogP) is 6.50. The van der Waals surface area contributed by atoms with E-state index in [0.717, 1.165) is 11.8 Å². The Bertz CT molecular complexity index is 797. The lowest BCUT2D eigenvalue weighted by Gasteiger charge is -2.13. The summed E-state index contributed by atoms with van der Waals surface area (Å²) in [6.07, 6.45) is 6.54. The van der Waals surface area contributed by atoms with Gasteiger partial charge in [-0.2, -0.15) is 4.58 Å².